The molecule has 7 nitrogen and oxygen atoms in total. The molecular weight excluding hydrogens is 344 g/mol. The standard InChI is InChI=1S/C20H26N4O3/c1-12(2)27-18-10-16-14(9-17(18)19(21)26)6-7-22-20(16)24-8-4-5-15(11-24)23-13(3)25/h6-7,9-10,12,15H,4-5,8,11H2,1-3H3,(H2,21,26)(H,23,25). The van der Waals surface area contributed by atoms with Gasteiger partial charge in [-0.15, -0.1) is 0 Å². The molecule has 1 unspecified atom stereocenters. The lowest BCUT2D eigenvalue weighted by Gasteiger charge is -2.34. The Morgan fingerprint density at radius 3 is 2.81 bits per heavy atom. The molecule has 1 aromatic carbocycles. The number of ether oxygens (including phenoxy) is 1. The quantitative estimate of drug-likeness (QED) is 0.841. The van der Waals surface area contributed by atoms with Gasteiger partial charge < -0.3 is 20.7 Å². The maximum Gasteiger partial charge on any atom is 0.252 e. The molecule has 0 radical (unpaired) electrons. The number of nitrogens with one attached hydrogen (secondary N) is 1. The fraction of sp³-hybridized carbons (Fsp3) is 0.450. The summed E-state index contributed by atoms with van der Waals surface area (Å²) < 4.78 is 5.83. The van der Waals surface area contributed by atoms with Crippen LogP contribution in [0.1, 0.15) is 44.0 Å². The topological polar surface area (TPSA) is 97.5 Å². The number of carbonyl (C=O) groups is 2. The molecule has 1 saturated heterocycles. The van der Waals surface area contributed by atoms with Crippen LogP contribution in [0.3, 0.4) is 0 Å². The van der Waals surface area contributed by atoms with Crippen molar-refractivity contribution in [3.8, 4) is 5.75 Å². The van der Waals surface area contributed by atoms with E-state index < -0.39 is 5.91 Å². The van der Waals surface area contributed by atoms with Crippen molar-refractivity contribution in [3.63, 3.8) is 0 Å². The molecule has 1 atom stereocenters. The molecule has 144 valence electrons. The minimum absolute atomic E-state index is 0.0218. The minimum atomic E-state index is -0.519. The van der Waals surface area contributed by atoms with Gasteiger partial charge in [0.1, 0.15) is 11.6 Å². The molecule has 1 aromatic heterocycles. The van der Waals surface area contributed by atoms with Crippen LogP contribution in [0.15, 0.2) is 24.4 Å². The minimum Gasteiger partial charge on any atom is -0.490 e. The third-order valence-corrected chi connectivity index (χ3v) is 4.60. The van der Waals surface area contributed by atoms with Gasteiger partial charge >= 0.3 is 0 Å². The summed E-state index contributed by atoms with van der Waals surface area (Å²) in [6, 6.07) is 5.57. The van der Waals surface area contributed by atoms with E-state index in [1.54, 1.807) is 12.3 Å². The Labute approximate surface area is 158 Å². The van der Waals surface area contributed by atoms with Gasteiger partial charge in [-0.05, 0) is 50.3 Å². The van der Waals surface area contributed by atoms with Crippen molar-refractivity contribution in [3.05, 3.63) is 30.0 Å². The third-order valence-electron chi connectivity index (χ3n) is 4.60. The predicted molar refractivity (Wildman–Crippen MR) is 105 cm³/mol. The number of hydrogen-bond acceptors (Lipinski definition) is 5. The summed E-state index contributed by atoms with van der Waals surface area (Å²) in [6.45, 7) is 6.91. The van der Waals surface area contributed by atoms with Crippen LogP contribution in [-0.4, -0.2) is 42.0 Å². The largest absolute Gasteiger partial charge is 0.490 e. The molecule has 2 amide bonds. The number of carbonyl (C=O) groups excluding carboxylic acids is 2. The van der Waals surface area contributed by atoms with Gasteiger partial charge in [0.25, 0.3) is 5.91 Å². The number of aromatic nitrogens is 1. The summed E-state index contributed by atoms with van der Waals surface area (Å²) in [5.41, 5.74) is 5.91. The second-order valence-electron chi connectivity index (χ2n) is 7.22. The monoisotopic (exact) mass is 370 g/mol. The van der Waals surface area contributed by atoms with Gasteiger partial charge in [-0.2, -0.15) is 0 Å². The Morgan fingerprint density at radius 2 is 2.15 bits per heavy atom. The molecule has 1 fully saturated rings. The first-order chi connectivity index (χ1) is 12.8. The van der Waals surface area contributed by atoms with E-state index >= 15 is 0 Å². The molecule has 0 aliphatic carbocycles. The number of primary amides is 1. The zero-order valence-electron chi connectivity index (χ0n) is 16.0. The highest BCUT2D eigenvalue weighted by Crippen LogP contribution is 2.33. The van der Waals surface area contributed by atoms with Crippen LogP contribution in [0.5, 0.6) is 5.75 Å². The van der Waals surface area contributed by atoms with E-state index in [1.165, 1.54) is 6.92 Å². The highest BCUT2D eigenvalue weighted by molar-refractivity contribution is 6.03. The summed E-state index contributed by atoms with van der Waals surface area (Å²) in [5.74, 6) is 0.753. The Kier molecular flexibility index (Phi) is 5.48. The fourth-order valence-corrected chi connectivity index (χ4v) is 3.56. The number of pyridine rings is 1. The number of piperidine rings is 1. The molecule has 2 heterocycles. The Bertz CT molecular complexity index is 866. The van der Waals surface area contributed by atoms with Gasteiger partial charge in [0.2, 0.25) is 5.91 Å². The number of rotatable bonds is 5. The lowest BCUT2D eigenvalue weighted by Crippen LogP contribution is -2.47. The molecule has 3 N–H and O–H groups in total. The van der Waals surface area contributed by atoms with Crippen molar-refractivity contribution >= 4 is 28.4 Å². The van der Waals surface area contributed by atoms with Crippen molar-refractivity contribution in [1.82, 2.24) is 10.3 Å². The Hall–Kier alpha value is -2.83. The summed E-state index contributed by atoms with van der Waals surface area (Å²) in [6.07, 6.45) is 3.57. The van der Waals surface area contributed by atoms with E-state index in [0.717, 1.165) is 36.0 Å². The summed E-state index contributed by atoms with van der Waals surface area (Å²) >= 11 is 0. The average Bonchev–Trinajstić information content (AvgIpc) is 2.59. The van der Waals surface area contributed by atoms with Crippen molar-refractivity contribution < 1.29 is 14.3 Å². The summed E-state index contributed by atoms with van der Waals surface area (Å²) in [7, 11) is 0. The first-order valence-corrected chi connectivity index (χ1v) is 9.26. The van der Waals surface area contributed by atoms with Gasteiger partial charge in [0, 0.05) is 37.6 Å². The van der Waals surface area contributed by atoms with E-state index in [-0.39, 0.29) is 18.1 Å². The average molecular weight is 370 g/mol. The fourth-order valence-electron chi connectivity index (χ4n) is 3.56. The van der Waals surface area contributed by atoms with Crippen molar-refractivity contribution in [1.29, 1.82) is 0 Å². The zero-order chi connectivity index (χ0) is 19.6. The molecule has 2 aromatic rings. The number of amides is 2. The molecule has 0 bridgehead atoms. The number of fused-ring (bicyclic) bond motifs is 1. The smallest absolute Gasteiger partial charge is 0.252 e. The normalized spacial score (nSPS) is 17.2. The van der Waals surface area contributed by atoms with Crippen molar-refractivity contribution in [2.45, 2.75) is 45.8 Å². The molecule has 3 rings (SSSR count). The second kappa shape index (κ2) is 7.82. The lowest BCUT2D eigenvalue weighted by molar-refractivity contribution is -0.119. The van der Waals surface area contributed by atoms with E-state index in [1.807, 2.05) is 26.0 Å². The van der Waals surface area contributed by atoms with Crippen LogP contribution < -0.4 is 20.7 Å². The van der Waals surface area contributed by atoms with E-state index in [0.29, 0.717) is 17.9 Å². The van der Waals surface area contributed by atoms with E-state index in [4.69, 9.17) is 10.5 Å². The van der Waals surface area contributed by atoms with Gasteiger partial charge in [0.15, 0.2) is 0 Å². The van der Waals surface area contributed by atoms with Crippen molar-refractivity contribution in [2.75, 3.05) is 18.0 Å². The molecular formula is C20H26N4O3. The number of anilines is 1. The van der Waals surface area contributed by atoms with Gasteiger partial charge in [-0.1, -0.05) is 0 Å². The number of hydrogen-bond donors (Lipinski definition) is 2. The molecule has 1 aliphatic heterocycles. The SMILES string of the molecule is CC(=O)NC1CCCN(c2nccc3cc(C(N)=O)c(OC(C)C)cc23)C1. The van der Waals surface area contributed by atoms with Crippen molar-refractivity contribution in [2.24, 2.45) is 5.73 Å². The highest BCUT2D eigenvalue weighted by Gasteiger charge is 2.24. The zero-order valence-corrected chi connectivity index (χ0v) is 16.0. The predicted octanol–water partition coefficient (Wildman–Crippen LogP) is 2.23. The molecule has 27 heavy (non-hydrogen) atoms. The maximum absolute atomic E-state index is 11.9. The molecule has 7 heteroatoms. The summed E-state index contributed by atoms with van der Waals surface area (Å²) in [4.78, 5) is 30.0. The van der Waals surface area contributed by atoms with Gasteiger partial charge in [-0.25, -0.2) is 4.98 Å². The van der Waals surface area contributed by atoms with Crippen LogP contribution in [-0.2, 0) is 4.79 Å². The number of benzene rings is 1. The summed E-state index contributed by atoms with van der Waals surface area (Å²) in [5, 5.41) is 4.78. The molecule has 1 aliphatic rings. The van der Waals surface area contributed by atoms with E-state index in [9.17, 15) is 9.59 Å². The van der Waals surface area contributed by atoms with Crippen LogP contribution in [0.2, 0.25) is 0 Å². The number of nitrogens with zero attached hydrogens (tertiary/aromatic N) is 2. The second-order valence-corrected chi connectivity index (χ2v) is 7.22. The first-order valence-electron chi connectivity index (χ1n) is 9.26. The Balaban J connectivity index is 2.03. The third kappa shape index (κ3) is 4.30. The van der Waals surface area contributed by atoms with Crippen LogP contribution in [0.4, 0.5) is 5.82 Å². The van der Waals surface area contributed by atoms with Crippen LogP contribution in [0.25, 0.3) is 10.8 Å². The Morgan fingerprint density at radius 1 is 1.37 bits per heavy atom. The highest BCUT2D eigenvalue weighted by atomic mass is 16.5. The first kappa shape index (κ1) is 18.9. The lowest BCUT2D eigenvalue weighted by atomic mass is 10.0. The van der Waals surface area contributed by atoms with Crippen LogP contribution >= 0.6 is 0 Å². The van der Waals surface area contributed by atoms with Gasteiger partial charge in [-0.3, -0.25) is 9.59 Å². The molecule has 0 spiro atoms. The van der Waals surface area contributed by atoms with Gasteiger partial charge in [0.05, 0.1) is 11.7 Å². The van der Waals surface area contributed by atoms with E-state index in [2.05, 4.69) is 15.2 Å². The van der Waals surface area contributed by atoms with Crippen LogP contribution in [0, 0.1) is 0 Å². The molecule has 0 saturated carbocycles. The number of nitrogens with two attached hydrogens (primary N) is 1. The maximum atomic E-state index is 11.9.